The van der Waals surface area contributed by atoms with Crippen LogP contribution in [0.25, 0.3) is 6.08 Å². The average Bonchev–Trinajstić information content (AvgIpc) is 3.30. The average molecular weight is 405 g/mol. The summed E-state index contributed by atoms with van der Waals surface area (Å²) in [7, 11) is 0. The Labute approximate surface area is 180 Å². The summed E-state index contributed by atoms with van der Waals surface area (Å²) < 4.78 is 14.1. The first-order valence-corrected chi connectivity index (χ1v) is 10.8. The highest BCUT2D eigenvalue weighted by atomic mass is 16.5. The monoisotopic (exact) mass is 404 g/mol. The van der Waals surface area contributed by atoms with Crippen LogP contribution in [0.5, 0.6) is 0 Å². The summed E-state index contributed by atoms with van der Waals surface area (Å²) >= 11 is 0. The number of rotatable bonds is 13. The Balaban J connectivity index is 1.55. The molecule has 0 amide bonds. The zero-order chi connectivity index (χ0) is 20.9. The number of aromatic nitrogens is 2. The van der Waals surface area contributed by atoms with Crippen molar-refractivity contribution in [1.82, 2.24) is 9.55 Å². The number of benzene rings is 2. The van der Waals surface area contributed by atoms with Gasteiger partial charge in [0.05, 0.1) is 25.6 Å². The summed E-state index contributed by atoms with van der Waals surface area (Å²) in [6.07, 6.45) is 13.3. The molecule has 3 rings (SSSR count). The maximum atomic E-state index is 6.13. The number of hydrogen-bond donors (Lipinski definition) is 0. The molecule has 0 N–H and O–H groups in total. The van der Waals surface area contributed by atoms with Gasteiger partial charge in [-0.25, -0.2) is 4.98 Å². The summed E-state index contributed by atoms with van der Waals surface area (Å²) in [5, 5.41) is 0. The molecule has 1 atom stereocenters. The fraction of sp³-hybridized carbons (Fsp3) is 0.346. The second-order valence-corrected chi connectivity index (χ2v) is 7.45. The van der Waals surface area contributed by atoms with Crippen molar-refractivity contribution >= 4 is 6.08 Å². The van der Waals surface area contributed by atoms with Gasteiger partial charge in [-0.1, -0.05) is 86.5 Å². The zero-order valence-electron chi connectivity index (χ0n) is 17.8. The summed E-state index contributed by atoms with van der Waals surface area (Å²) in [4.78, 5) is 4.09. The molecule has 0 fully saturated rings. The van der Waals surface area contributed by atoms with Crippen LogP contribution >= 0.6 is 0 Å². The summed E-state index contributed by atoms with van der Waals surface area (Å²) in [6, 6.07) is 18.9. The Hall–Kier alpha value is -2.69. The number of hydrogen-bond acceptors (Lipinski definition) is 3. The third-order valence-corrected chi connectivity index (χ3v) is 4.89. The van der Waals surface area contributed by atoms with Crippen molar-refractivity contribution in [1.29, 1.82) is 0 Å². The van der Waals surface area contributed by atoms with Crippen molar-refractivity contribution < 1.29 is 9.47 Å². The first-order valence-electron chi connectivity index (χ1n) is 10.8. The van der Waals surface area contributed by atoms with Crippen LogP contribution < -0.4 is 0 Å². The summed E-state index contributed by atoms with van der Waals surface area (Å²) in [5.74, 6) is 0. The minimum atomic E-state index is -0.0718. The van der Waals surface area contributed by atoms with E-state index >= 15 is 0 Å². The molecule has 0 spiro atoms. The third-order valence-electron chi connectivity index (χ3n) is 4.89. The SMILES string of the molecule is CCCCCOCC(/C=C/c1ccc(Cn2ccnc2)cc1)OCc1ccccc1. The molecule has 1 unspecified atom stereocenters. The second-order valence-electron chi connectivity index (χ2n) is 7.45. The van der Waals surface area contributed by atoms with Crippen LogP contribution in [0.4, 0.5) is 0 Å². The molecule has 0 saturated heterocycles. The molecule has 2 aromatic carbocycles. The highest BCUT2D eigenvalue weighted by molar-refractivity contribution is 5.50. The van der Waals surface area contributed by atoms with Gasteiger partial charge in [0.2, 0.25) is 0 Å². The van der Waals surface area contributed by atoms with Gasteiger partial charge in [-0.2, -0.15) is 0 Å². The van der Waals surface area contributed by atoms with Crippen molar-refractivity contribution in [2.24, 2.45) is 0 Å². The molecule has 0 aliphatic rings. The Morgan fingerprint density at radius 2 is 1.83 bits per heavy atom. The maximum absolute atomic E-state index is 6.13. The molecule has 30 heavy (non-hydrogen) atoms. The smallest absolute Gasteiger partial charge is 0.0997 e. The molecule has 4 heteroatoms. The van der Waals surface area contributed by atoms with Crippen LogP contribution in [0.3, 0.4) is 0 Å². The minimum absolute atomic E-state index is 0.0718. The molecule has 0 aliphatic carbocycles. The number of imidazole rings is 1. The first-order chi connectivity index (χ1) is 14.8. The topological polar surface area (TPSA) is 36.3 Å². The lowest BCUT2D eigenvalue weighted by Gasteiger charge is -2.15. The highest BCUT2D eigenvalue weighted by Crippen LogP contribution is 2.11. The van der Waals surface area contributed by atoms with E-state index in [1.54, 1.807) is 6.20 Å². The Morgan fingerprint density at radius 1 is 1.00 bits per heavy atom. The van der Waals surface area contributed by atoms with E-state index in [2.05, 4.69) is 65.0 Å². The van der Waals surface area contributed by atoms with Crippen LogP contribution in [-0.4, -0.2) is 28.9 Å². The van der Waals surface area contributed by atoms with E-state index in [4.69, 9.17) is 9.47 Å². The molecule has 1 aromatic heterocycles. The molecule has 158 valence electrons. The third kappa shape index (κ3) is 7.97. The molecule has 3 aromatic rings. The first kappa shape index (κ1) is 22.0. The van der Waals surface area contributed by atoms with Gasteiger partial charge in [0.15, 0.2) is 0 Å². The van der Waals surface area contributed by atoms with Crippen molar-refractivity contribution in [3.63, 3.8) is 0 Å². The van der Waals surface area contributed by atoms with E-state index in [9.17, 15) is 0 Å². The molecular weight excluding hydrogens is 372 g/mol. The molecule has 0 aliphatic heterocycles. The lowest BCUT2D eigenvalue weighted by Crippen LogP contribution is -2.18. The second kappa shape index (κ2) is 12.8. The highest BCUT2D eigenvalue weighted by Gasteiger charge is 2.06. The molecule has 4 nitrogen and oxygen atoms in total. The van der Waals surface area contributed by atoms with E-state index in [0.717, 1.165) is 25.1 Å². The Morgan fingerprint density at radius 3 is 2.57 bits per heavy atom. The van der Waals surface area contributed by atoms with Crippen LogP contribution in [0.1, 0.15) is 42.9 Å². The molecule has 0 bridgehead atoms. The predicted molar refractivity (Wildman–Crippen MR) is 122 cm³/mol. The summed E-state index contributed by atoms with van der Waals surface area (Å²) in [6.45, 7) is 4.98. The summed E-state index contributed by atoms with van der Waals surface area (Å²) in [5.41, 5.74) is 3.58. The van der Waals surface area contributed by atoms with E-state index < -0.39 is 0 Å². The van der Waals surface area contributed by atoms with Crippen LogP contribution in [-0.2, 0) is 22.6 Å². The quantitative estimate of drug-likeness (QED) is 0.341. The van der Waals surface area contributed by atoms with Crippen LogP contribution in [0, 0.1) is 0 Å². The number of ether oxygens (including phenoxy) is 2. The lowest BCUT2D eigenvalue weighted by molar-refractivity contribution is -0.000243. The van der Waals surface area contributed by atoms with Crippen molar-refractivity contribution in [2.45, 2.75) is 45.4 Å². The Kier molecular flexibility index (Phi) is 9.38. The van der Waals surface area contributed by atoms with Gasteiger partial charge in [0, 0.05) is 25.5 Å². The fourth-order valence-electron chi connectivity index (χ4n) is 3.13. The van der Waals surface area contributed by atoms with Crippen molar-refractivity contribution in [2.75, 3.05) is 13.2 Å². The zero-order valence-corrected chi connectivity index (χ0v) is 17.8. The normalized spacial score (nSPS) is 12.4. The predicted octanol–water partition coefficient (Wildman–Crippen LogP) is 5.74. The van der Waals surface area contributed by atoms with Gasteiger partial charge in [0.1, 0.15) is 0 Å². The van der Waals surface area contributed by atoms with E-state index in [1.807, 2.05) is 30.7 Å². The molecule has 1 heterocycles. The lowest BCUT2D eigenvalue weighted by atomic mass is 10.1. The Bertz CT molecular complexity index is 843. The molecular formula is C26H32N2O2. The van der Waals surface area contributed by atoms with Gasteiger partial charge in [-0.05, 0) is 23.1 Å². The van der Waals surface area contributed by atoms with E-state index in [-0.39, 0.29) is 6.10 Å². The maximum Gasteiger partial charge on any atom is 0.0997 e. The van der Waals surface area contributed by atoms with Crippen LogP contribution in [0.2, 0.25) is 0 Å². The minimum Gasteiger partial charge on any atom is -0.378 e. The van der Waals surface area contributed by atoms with Gasteiger partial charge in [0.25, 0.3) is 0 Å². The van der Waals surface area contributed by atoms with Crippen molar-refractivity contribution in [3.8, 4) is 0 Å². The van der Waals surface area contributed by atoms with Crippen LogP contribution in [0.15, 0.2) is 79.4 Å². The number of nitrogens with zero attached hydrogens (tertiary/aromatic N) is 2. The van der Waals surface area contributed by atoms with E-state index in [1.165, 1.54) is 24.0 Å². The fourth-order valence-corrected chi connectivity index (χ4v) is 3.13. The largest absolute Gasteiger partial charge is 0.378 e. The van der Waals surface area contributed by atoms with Gasteiger partial charge in [-0.15, -0.1) is 0 Å². The van der Waals surface area contributed by atoms with E-state index in [0.29, 0.717) is 13.2 Å². The standard InChI is InChI=1S/C26H32N2O2/c1-2-3-7-18-29-21-26(30-20-25-8-5-4-6-9-25)15-14-23-10-12-24(13-11-23)19-28-17-16-27-22-28/h4-6,8-17,22,26H,2-3,7,18-21H2,1H3/b15-14+. The van der Waals surface area contributed by atoms with Crippen molar-refractivity contribution in [3.05, 3.63) is 96.1 Å². The number of unbranched alkanes of at least 4 members (excludes halogenated alkanes) is 2. The molecule has 0 saturated carbocycles. The van der Waals surface area contributed by atoms with Gasteiger partial charge < -0.3 is 14.0 Å². The molecule has 0 radical (unpaired) electrons. The van der Waals surface area contributed by atoms with Gasteiger partial charge >= 0.3 is 0 Å². The van der Waals surface area contributed by atoms with Gasteiger partial charge in [-0.3, -0.25) is 0 Å².